The first kappa shape index (κ1) is 27.7. The van der Waals surface area contributed by atoms with Gasteiger partial charge < -0.3 is 25.2 Å². The van der Waals surface area contributed by atoms with Crippen molar-refractivity contribution in [3.63, 3.8) is 0 Å². The van der Waals surface area contributed by atoms with Crippen molar-refractivity contribution in [1.29, 1.82) is 0 Å². The number of piperazine rings is 1. The number of guanidine groups is 1. The van der Waals surface area contributed by atoms with Gasteiger partial charge in [0.1, 0.15) is 0 Å². The summed E-state index contributed by atoms with van der Waals surface area (Å²) in [5, 5.41) is 6.64. The van der Waals surface area contributed by atoms with Gasteiger partial charge in [0.05, 0.1) is 19.8 Å². The highest BCUT2D eigenvalue weighted by atomic mass is 127. The van der Waals surface area contributed by atoms with E-state index >= 15 is 0 Å². The topological polar surface area (TPSA) is 72.4 Å². The summed E-state index contributed by atoms with van der Waals surface area (Å²) in [5.74, 6) is 0.977. The summed E-state index contributed by atoms with van der Waals surface area (Å²) >= 11 is 0. The summed E-state index contributed by atoms with van der Waals surface area (Å²) in [5.41, 5.74) is 1.20. The van der Waals surface area contributed by atoms with Gasteiger partial charge in [-0.05, 0) is 32.9 Å². The lowest BCUT2D eigenvalue weighted by Crippen LogP contribution is -2.52. The first-order chi connectivity index (χ1) is 15.5. The van der Waals surface area contributed by atoms with Crippen LogP contribution in [0.15, 0.2) is 35.3 Å². The van der Waals surface area contributed by atoms with Crippen molar-refractivity contribution in [2.24, 2.45) is 4.99 Å². The molecule has 8 nitrogen and oxygen atoms in total. The molecule has 0 unspecified atom stereocenters. The van der Waals surface area contributed by atoms with Crippen LogP contribution >= 0.6 is 24.0 Å². The lowest BCUT2D eigenvalue weighted by Gasteiger charge is -2.39. The minimum Gasteiger partial charge on any atom is -0.379 e. The van der Waals surface area contributed by atoms with Gasteiger partial charge in [-0.2, -0.15) is 0 Å². The predicted molar refractivity (Wildman–Crippen MR) is 146 cm³/mol. The van der Waals surface area contributed by atoms with Gasteiger partial charge in [0.25, 0.3) is 0 Å². The van der Waals surface area contributed by atoms with Crippen molar-refractivity contribution in [3.8, 4) is 0 Å². The van der Waals surface area contributed by atoms with E-state index in [0.29, 0.717) is 19.5 Å². The molecule has 3 rings (SSSR count). The lowest BCUT2D eigenvalue weighted by atomic mass is 10.0. The number of carbonyl (C=O) groups is 1. The van der Waals surface area contributed by atoms with Crippen molar-refractivity contribution >= 4 is 41.5 Å². The van der Waals surface area contributed by atoms with E-state index < -0.39 is 0 Å². The molecule has 1 aromatic rings. The van der Waals surface area contributed by atoms with Crippen molar-refractivity contribution in [2.75, 3.05) is 77.0 Å². The Balaban J connectivity index is 0.00000385. The van der Waals surface area contributed by atoms with E-state index in [9.17, 15) is 4.79 Å². The zero-order valence-electron chi connectivity index (χ0n) is 20.4. The molecule has 0 aliphatic carbocycles. The SMILES string of the molecule is CCNC(=NCC(C)(C)N1CCOCC1)NCCC(=O)N1CCN(c2ccccc2)CC1.I. The Kier molecular flexibility index (Phi) is 11.7. The number of ether oxygens (including phenoxy) is 1. The third-order valence-corrected chi connectivity index (χ3v) is 6.22. The van der Waals surface area contributed by atoms with Gasteiger partial charge in [0, 0.05) is 70.0 Å². The van der Waals surface area contributed by atoms with Crippen LogP contribution in [0.25, 0.3) is 0 Å². The molecule has 2 heterocycles. The van der Waals surface area contributed by atoms with Crippen LogP contribution in [0.5, 0.6) is 0 Å². The van der Waals surface area contributed by atoms with E-state index in [1.807, 2.05) is 11.0 Å². The minimum absolute atomic E-state index is 0. The van der Waals surface area contributed by atoms with Crippen LogP contribution in [0.3, 0.4) is 0 Å². The summed E-state index contributed by atoms with van der Waals surface area (Å²) in [6, 6.07) is 10.4. The Labute approximate surface area is 216 Å². The summed E-state index contributed by atoms with van der Waals surface area (Å²) in [6.45, 7) is 15.3. The fourth-order valence-corrected chi connectivity index (χ4v) is 4.18. The molecule has 9 heteroatoms. The molecule has 33 heavy (non-hydrogen) atoms. The standard InChI is InChI=1S/C24H40N6O2.HI/c1-4-25-23(27-20-24(2,3)30-16-18-32-19-17-30)26-11-10-22(31)29-14-12-28(13-15-29)21-8-6-5-7-9-21;/h5-9H,4,10-20H2,1-3H3,(H2,25,26,27);1H. The van der Waals surface area contributed by atoms with Gasteiger partial charge in [0.2, 0.25) is 5.91 Å². The van der Waals surface area contributed by atoms with Gasteiger partial charge in [-0.3, -0.25) is 14.7 Å². The molecule has 0 radical (unpaired) electrons. The van der Waals surface area contributed by atoms with Crippen LogP contribution in [0.1, 0.15) is 27.2 Å². The number of para-hydroxylation sites is 1. The average Bonchev–Trinajstić information content (AvgIpc) is 2.83. The maximum atomic E-state index is 12.7. The molecule has 2 fully saturated rings. The van der Waals surface area contributed by atoms with E-state index in [1.54, 1.807) is 0 Å². The number of nitrogens with one attached hydrogen (secondary N) is 2. The summed E-state index contributed by atoms with van der Waals surface area (Å²) in [7, 11) is 0. The molecule has 2 aliphatic rings. The van der Waals surface area contributed by atoms with Crippen molar-refractivity contribution in [2.45, 2.75) is 32.7 Å². The number of nitrogens with zero attached hydrogens (tertiary/aromatic N) is 4. The molecule has 0 atom stereocenters. The number of carbonyl (C=O) groups excluding carboxylic acids is 1. The highest BCUT2D eigenvalue weighted by Crippen LogP contribution is 2.17. The number of hydrogen-bond donors (Lipinski definition) is 2. The van der Waals surface area contributed by atoms with Gasteiger partial charge in [-0.25, -0.2) is 0 Å². The second kappa shape index (κ2) is 14.0. The van der Waals surface area contributed by atoms with E-state index in [0.717, 1.165) is 65.0 Å². The molecule has 2 N–H and O–H groups in total. The van der Waals surface area contributed by atoms with Crippen LogP contribution in [-0.4, -0.2) is 99.3 Å². The average molecular weight is 573 g/mol. The number of halogens is 1. The zero-order valence-corrected chi connectivity index (χ0v) is 22.7. The number of anilines is 1. The fourth-order valence-electron chi connectivity index (χ4n) is 4.18. The molecule has 0 saturated carbocycles. The second-order valence-corrected chi connectivity index (χ2v) is 8.99. The van der Waals surface area contributed by atoms with Crippen molar-refractivity contribution in [3.05, 3.63) is 30.3 Å². The quantitative estimate of drug-likeness (QED) is 0.282. The largest absolute Gasteiger partial charge is 0.379 e. The molecule has 1 aromatic carbocycles. The Morgan fingerprint density at radius 3 is 2.33 bits per heavy atom. The van der Waals surface area contributed by atoms with E-state index in [2.05, 4.69) is 65.5 Å². The highest BCUT2D eigenvalue weighted by Gasteiger charge is 2.28. The monoisotopic (exact) mass is 572 g/mol. The van der Waals surface area contributed by atoms with Crippen LogP contribution in [-0.2, 0) is 9.53 Å². The number of aliphatic imine (C=N–C) groups is 1. The Morgan fingerprint density at radius 1 is 1.03 bits per heavy atom. The smallest absolute Gasteiger partial charge is 0.224 e. The van der Waals surface area contributed by atoms with Crippen molar-refractivity contribution in [1.82, 2.24) is 20.4 Å². The molecule has 2 saturated heterocycles. The second-order valence-electron chi connectivity index (χ2n) is 8.99. The maximum Gasteiger partial charge on any atom is 0.224 e. The number of morpholine rings is 1. The van der Waals surface area contributed by atoms with E-state index in [-0.39, 0.29) is 35.4 Å². The predicted octanol–water partition coefficient (Wildman–Crippen LogP) is 2.01. The molecule has 1 amide bonds. The molecule has 2 aliphatic heterocycles. The zero-order chi connectivity index (χ0) is 22.8. The summed E-state index contributed by atoms with van der Waals surface area (Å²) < 4.78 is 5.47. The molecular weight excluding hydrogens is 531 g/mol. The Hall–Kier alpha value is -1.59. The van der Waals surface area contributed by atoms with Crippen LogP contribution in [0.2, 0.25) is 0 Å². The third kappa shape index (κ3) is 8.60. The van der Waals surface area contributed by atoms with Crippen LogP contribution < -0.4 is 15.5 Å². The summed E-state index contributed by atoms with van der Waals surface area (Å²) in [4.78, 5) is 24.2. The number of benzene rings is 1. The van der Waals surface area contributed by atoms with E-state index in [4.69, 9.17) is 9.73 Å². The molecular formula is C24H41IN6O2. The Morgan fingerprint density at radius 2 is 1.70 bits per heavy atom. The number of hydrogen-bond acceptors (Lipinski definition) is 5. The fraction of sp³-hybridized carbons (Fsp3) is 0.667. The van der Waals surface area contributed by atoms with Gasteiger partial charge in [-0.15, -0.1) is 24.0 Å². The highest BCUT2D eigenvalue weighted by molar-refractivity contribution is 14.0. The minimum atomic E-state index is -0.0274. The normalized spacial score (nSPS) is 18.0. The molecule has 186 valence electrons. The van der Waals surface area contributed by atoms with Crippen LogP contribution in [0, 0.1) is 0 Å². The molecule has 0 aromatic heterocycles. The van der Waals surface area contributed by atoms with Gasteiger partial charge in [-0.1, -0.05) is 18.2 Å². The van der Waals surface area contributed by atoms with Gasteiger partial charge >= 0.3 is 0 Å². The summed E-state index contributed by atoms with van der Waals surface area (Å²) in [6.07, 6.45) is 0.475. The first-order valence-corrected chi connectivity index (χ1v) is 11.9. The van der Waals surface area contributed by atoms with Crippen molar-refractivity contribution < 1.29 is 9.53 Å². The van der Waals surface area contributed by atoms with Gasteiger partial charge in [0.15, 0.2) is 5.96 Å². The molecule has 0 spiro atoms. The molecule has 0 bridgehead atoms. The Bertz CT molecular complexity index is 732. The maximum absolute atomic E-state index is 12.7. The van der Waals surface area contributed by atoms with E-state index in [1.165, 1.54) is 5.69 Å². The lowest BCUT2D eigenvalue weighted by molar-refractivity contribution is -0.131. The third-order valence-electron chi connectivity index (χ3n) is 6.22. The van der Waals surface area contributed by atoms with Crippen LogP contribution in [0.4, 0.5) is 5.69 Å². The number of amides is 1. The number of rotatable bonds is 8. The first-order valence-electron chi connectivity index (χ1n) is 11.9.